The summed E-state index contributed by atoms with van der Waals surface area (Å²) in [5.74, 6) is 0.330. The summed E-state index contributed by atoms with van der Waals surface area (Å²) in [7, 11) is -1.16. The van der Waals surface area contributed by atoms with Crippen molar-refractivity contribution < 1.29 is 9.32 Å². The van der Waals surface area contributed by atoms with Gasteiger partial charge in [-0.15, -0.1) is 0 Å². The van der Waals surface area contributed by atoms with Gasteiger partial charge in [0, 0.05) is 12.1 Å². The Kier molecular flexibility index (Phi) is 4.07. The Morgan fingerprint density at radius 2 is 1.78 bits per heavy atom. The van der Waals surface area contributed by atoms with Crippen LogP contribution in [-0.4, -0.2) is 18.4 Å². The molecule has 0 saturated heterocycles. The summed E-state index contributed by atoms with van der Waals surface area (Å²) in [5, 5.41) is 10.5. The molecule has 2 aromatic carbocycles. The molecule has 23 heavy (non-hydrogen) atoms. The van der Waals surface area contributed by atoms with Crippen molar-refractivity contribution in [3.05, 3.63) is 64.7 Å². The zero-order chi connectivity index (χ0) is 16.8. The lowest BCUT2D eigenvalue weighted by Gasteiger charge is -2.30. The minimum Gasteiger partial charge on any atom is -0.507 e. The van der Waals surface area contributed by atoms with Crippen LogP contribution in [0.25, 0.3) is 0 Å². The summed E-state index contributed by atoms with van der Waals surface area (Å²) >= 11 is 0. The molecule has 2 atom stereocenters. The van der Waals surface area contributed by atoms with Crippen LogP contribution >= 0.6 is 0 Å². The number of nitrogens with zero attached hydrogens (tertiary/aromatic N) is 1. The summed E-state index contributed by atoms with van der Waals surface area (Å²) in [6.07, 6.45) is 0. The molecular weight excluding hydrogens is 306 g/mol. The number of aromatic hydroxyl groups is 1. The van der Waals surface area contributed by atoms with Crippen molar-refractivity contribution in [2.75, 3.05) is 0 Å². The maximum atomic E-state index is 13.1. The maximum absolute atomic E-state index is 13.1. The minimum atomic E-state index is -1.16. The summed E-state index contributed by atoms with van der Waals surface area (Å²) in [6, 6.07) is 14.0. The van der Waals surface area contributed by atoms with Gasteiger partial charge >= 0.3 is 0 Å². The van der Waals surface area contributed by atoms with Crippen molar-refractivity contribution >= 4 is 11.0 Å². The zero-order valence-corrected chi connectivity index (χ0v) is 14.9. The van der Waals surface area contributed by atoms with Gasteiger partial charge in [-0.25, -0.2) is 8.51 Å². The van der Waals surface area contributed by atoms with Gasteiger partial charge in [0.25, 0.3) is 0 Å². The highest BCUT2D eigenvalue weighted by Gasteiger charge is 2.40. The highest BCUT2D eigenvalue weighted by Crippen LogP contribution is 2.45. The van der Waals surface area contributed by atoms with Gasteiger partial charge in [-0.1, -0.05) is 42.5 Å². The third-order valence-corrected chi connectivity index (χ3v) is 6.08. The van der Waals surface area contributed by atoms with Crippen LogP contribution in [0.1, 0.15) is 49.1 Å². The van der Waals surface area contributed by atoms with Crippen molar-refractivity contribution in [3.63, 3.8) is 0 Å². The molecule has 3 nitrogen and oxygen atoms in total. The SMILES string of the molecule is Cc1ccc2c(c1O)CN([S@](=O)C(C)(C)C)[C@H]2c1ccccc1. The van der Waals surface area contributed by atoms with Crippen LogP contribution in [0.4, 0.5) is 0 Å². The van der Waals surface area contributed by atoms with Crippen LogP contribution in [0.2, 0.25) is 0 Å². The van der Waals surface area contributed by atoms with Crippen LogP contribution in [-0.2, 0) is 17.5 Å². The Balaban J connectivity index is 2.15. The lowest BCUT2D eigenvalue weighted by Crippen LogP contribution is -2.36. The van der Waals surface area contributed by atoms with Crippen LogP contribution in [0.5, 0.6) is 5.75 Å². The molecule has 4 heteroatoms. The second-order valence-corrected chi connectivity index (χ2v) is 9.24. The third kappa shape index (κ3) is 2.81. The first-order valence-corrected chi connectivity index (χ1v) is 8.96. The summed E-state index contributed by atoms with van der Waals surface area (Å²) in [6.45, 7) is 8.36. The molecule has 0 aromatic heterocycles. The highest BCUT2D eigenvalue weighted by molar-refractivity contribution is 7.84. The van der Waals surface area contributed by atoms with E-state index >= 15 is 0 Å². The smallest absolute Gasteiger partial charge is 0.123 e. The standard InChI is InChI=1S/C19H23NO2S/c1-13-10-11-15-16(18(13)21)12-20(23(22)19(2,3)4)17(15)14-8-6-5-7-9-14/h5-11,17,21H,12H2,1-4H3/t17-,23+/m0/s1. The number of phenolic OH excluding ortho intramolecular Hbond substituents is 1. The van der Waals surface area contributed by atoms with E-state index in [9.17, 15) is 9.32 Å². The van der Waals surface area contributed by atoms with Crippen molar-refractivity contribution in [1.82, 2.24) is 4.31 Å². The van der Waals surface area contributed by atoms with Gasteiger partial charge in [-0.3, -0.25) is 0 Å². The molecule has 0 saturated carbocycles. The number of aryl methyl sites for hydroxylation is 1. The van der Waals surface area contributed by atoms with Gasteiger partial charge in [0.2, 0.25) is 0 Å². The predicted molar refractivity (Wildman–Crippen MR) is 94.6 cm³/mol. The lowest BCUT2D eigenvalue weighted by molar-refractivity contribution is 0.401. The number of hydrogen-bond donors (Lipinski definition) is 1. The van der Waals surface area contributed by atoms with E-state index in [2.05, 4.69) is 18.2 Å². The van der Waals surface area contributed by atoms with Gasteiger partial charge in [0.05, 0.1) is 10.8 Å². The molecule has 0 bridgehead atoms. The van der Waals surface area contributed by atoms with E-state index in [1.54, 1.807) is 0 Å². The molecule has 122 valence electrons. The largest absolute Gasteiger partial charge is 0.507 e. The molecule has 0 aliphatic carbocycles. The molecule has 0 amide bonds. The van der Waals surface area contributed by atoms with Crippen molar-refractivity contribution in [2.45, 2.75) is 45.0 Å². The number of benzene rings is 2. The van der Waals surface area contributed by atoms with E-state index in [4.69, 9.17) is 0 Å². The normalized spacial score (nSPS) is 19.6. The molecule has 0 unspecified atom stereocenters. The first-order valence-electron chi connectivity index (χ1n) is 7.85. The van der Waals surface area contributed by atoms with Gasteiger partial charge in [-0.2, -0.15) is 0 Å². The Morgan fingerprint density at radius 1 is 1.13 bits per heavy atom. The van der Waals surface area contributed by atoms with E-state index in [1.807, 2.05) is 56.3 Å². The van der Waals surface area contributed by atoms with E-state index in [1.165, 1.54) is 0 Å². The summed E-state index contributed by atoms with van der Waals surface area (Å²) in [5.41, 5.74) is 3.92. The van der Waals surface area contributed by atoms with E-state index < -0.39 is 11.0 Å². The van der Waals surface area contributed by atoms with Crippen LogP contribution in [0, 0.1) is 6.92 Å². The monoisotopic (exact) mass is 329 g/mol. The lowest BCUT2D eigenvalue weighted by atomic mass is 9.96. The number of fused-ring (bicyclic) bond motifs is 1. The minimum absolute atomic E-state index is 0.0854. The van der Waals surface area contributed by atoms with Crippen molar-refractivity contribution in [1.29, 1.82) is 0 Å². The summed E-state index contributed by atoms with van der Waals surface area (Å²) in [4.78, 5) is 0. The summed E-state index contributed by atoms with van der Waals surface area (Å²) < 4.78 is 14.7. The Bertz CT molecular complexity index is 750. The van der Waals surface area contributed by atoms with Crippen molar-refractivity contribution in [2.24, 2.45) is 0 Å². The molecule has 1 aliphatic heterocycles. The van der Waals surface area contributed by atoms with Gasteiger partial charge in [0.1, 0.15) is 16.7 Å². The van der Waals surface area contributed by atoms with Gasteiger partial charge in [-0.05, 0) is 44.4 Å². The van der Waals surface area contributed by atoms with E-state index in [0.29, 0.717) is 12.3 Å². The number of phenols is 1. The molecule has 2 aromatic rings. The topological polar surface area (TPSA) is 40.5 Å². The molecule has 0 fully saturated rings. The molecule has 1 N–H and O–H groups in total. The third-order valence-electron chi connectivity index (χ3n) is 4.27. The number of rotatable bonds is 2. The first kappa shape index (κ1) is 16.2. The molecule has 1 heterocycles. The van der Waals surface area contributed by atoms with E-state index in [-0.39, 0.29) is 10.8 Å². The number of hydrogen-bond acceptors (Lipinski definition) is 2. The molecule has 0 radical (unpaired) electrons. The van der Waals surface area contributed by atoms with Crippen LogP contribution in [0.3, 0.4) is 0 Å². The molecule has 0 spiro atoms. The molecule has 3 rings (SSSR count). The Labute approximate surface area is 140 Å². The van der Waals surface area contributed by atoms with Gasteiger partial charge in [0.15, 0.2) is 0 Å². The first-order chi connectivity index (χ1) is 10.8. The molecule has 1 aliphatic rings. The zero-order valence-electron chi connectivity index (χ0n) is 14.0. The second kappa shape index (κ2) is 5.77. The van der Waals surface area contributed by atoms with E-state index in [0.717, 1.165) is 22.3 Å². The average molecular weight is 329 g/mol. The fourth-order valence-corrected chi connectivity index (χ4v) is 4.46. The fraction of sp³-hybridized carbons (Fsp3) is 0.368. The quantitative estimate of drug-likeness (QED) is 0.902. The van der Waals surface area contributed by atoms with Crippen LogP contribution < -0.4 is 0 Å². The average Bonchev–Trinajstić information content (AvgIpc) is 2.90. The predicted octanol–water partition coefficient (Wildman–Crippen LogP) is 4.07. The fourth-order valence-electron chi connectivity index (χ4n) is 3.08. The second-order valence-electron chi connectivity index (χ2n) is 7.05. The van der Waals surface area contributed by atoms with Crippen molar-refractivity contribution in [3.8, 4) is 5.75 Å². The maximum Gasteiger partial charge on any atom is 0.123 e. The Hall–Kier alpha value is -1.65. The van der Waals surface area contributed by atoms with Crippen LogP contribution in [0.15, 0.2) is 42.5 Å². The highest BCUT2D eigenvalue weighted by atomic mass is 32.2. The Morgan fingerprint density at radius 3 is 2.39 bits per heavy atom. The van der Waals surface area contributed by atoms with Gasteiger partial charge < -0.3 is 5.11 Å². The molecular formula is C19H23NO2S.